The number of aliphatic hydroxyl groups excluding tert-OH is 1. The van der Waals surface area contributed by atoms with Crippen LogP contribution in [0.1, 0.15) is 37.5 Å². The van der Waals surface area contributed by atoms with Gasteiger partial charge in [-0.05, 0) is 43.5 Å². The van der Waals surface area contributed by atoms with Gasteiger partial charge in [0.25, 0.3) is 0 Å². The van der Waals surface area contributed by atoms with Crippen LogP contribution < -0.4 is 4.74 Å². The fourth-order valence-corrected chi connectivity index (χ4v) is 2.55. The molecule has 0 spiro atoms. The van der Waals surface area contributed by atoms with Crippen LogP contribution >= 0.6 is 0 Å². The quantitative estimate of drug-likeness (QED) is 0.781. The van der Waals surface area contributed by atoms with Gasteiger partial charge < -0.3 is 9.84 Å². The normalized spacial score (nSPS) is 13.3. The van der Waals surface area contributed by atoms with E-state index in [1.54, 1.807) is 13.8 Å². The summed E-state index contributed by atoms with van der Waals surface area (Å²) in [6.45, 7) is 5.65. The van der Waals surface area contributed by atoms with Crippen molar-refractivity contribution >= 4 is 9.84 Å². The highest BCUT2D eigenvalue weighted by Crippen LogP contribution is 2.22. The first-order chi connectivity index (χ1) is 8.85. The Labute approximate surface area is 115 Å². The average Bonchev–Trinajstić information content (AvgIpc) is 2.36. The second-order valence-electron chi connectivity index (χ2n) is 4.64. The lowest BCUT2D eigenvalue weighted by atomic mass is 10.1. The third-order valence-electron chi connectivity index (χ3n) is 2.98. The van der Waals surface area contributed by atoms with E-state index in [0.29, 0.717) is 13.0 Å². The highest BCUT2D eigenvalue weighted by molar-refractivity contribution is 7.91. The maximum atomic E-state index is 11.3. The van der Waals surface area contributed by atoms with E-state index in [9.17, 15) is 13.5 Å². The van der Waals surface area contributed by atoms with Gasteiger partial charge in [-0.15, -0.1) is 0 Å². The zero-order chi connectivity index (χ0) is 14.5. The third kappa shape index (κ3) is 5.20. The van der Waals surface area contributed by atoms with Crippen molar-refractivity contribution < 1.29 is 18.3 Å². The van der Waals surface area contributed by atoms with Crippen molar-refractivity contribution in [2.75, 3.05) is 18.1 Å². The fourth-order valence-electron chi connectivity index (χ4n) is 1.70. The maximum Gasteiger partial charge on any atom is 0.150 e. The molecule has 0 saturated carbocycles. The molecule has 0 saturated heterocycles. The number of ether oxygens (including phenoxy) is 1. The molecule has 108 valence electrons. The first-order valence-electron chi connectivity index (χ1n) is 6.47. The van der Waals surface area contributed by atoms with Gasteiger partial charge >= 0.3 is 0 Å². The van der Waals surface area contributed by atoms with Crippen molar-refractivity contribution in [1.29, 1.82) is 0 Å². The van der Waals surface area contributed by atoms with Crippen molar-refractivity contribution in [1.82, 2.24) is 0 Å². The Morgan fingerprint density at radius 2 is 2.05 bits per heavy atom. The predicted octanol–water partition coefficient (Wildman–Crippen LogP) is 2.25. The van der Waals surface area contributed by atoms with Gasteiger partial charge in [0.2, 0.25) is 0 Å². The molecule has 0 fully saturated rings. The number of hydrogen-bond donors (Lipinski definition) is 1. The molecule has 5 heteroatoms. The molecular formula is C14H22O4S. The number of aliphatic hydroxyl groups is 1. The summed E-state index contributed by atoms with van der Waals surface area (Å²) in [6, 6.07) is 5.50. The van der Waals surface area contributed by atoms with E-state index in [-0.39, 0.29) is 11.5 Å². The van der Waals surface area contributed by atoms with Crippen LogP contribution in [0.25, 0.3) is 0 Å². The van der Waals surface area contributed by atoms with Crippen LogP contribution in [-0.4, -0.2) is 31.6 Å². The second-order valence-corrected chi connectivity index (χ2v) is 7.11. The van der Waals surface area contributed by atoms with E-state index in [1.807, 2.05) is 25.1 Å². The summed E-state index contributed by atoms with van der Waals surface area (Å²) in [7, 11) is -2.92. The first kappa shape index (κ1) is 16.0. The standard InChI is InChI=1S/C14H22O4S/c1-4-19(16,17)9-5-8-18-14-7-6-13(12(3)15)10-11(14)2/h6-7,10,12,15H,4-5,8-9H2,1-3H3/t12-/m0/s1. The van der Waals surface area contributed by atoms with Crippen LogP contribution in [-0.2, 0) is 9.84 Å². The molecule has 0 aliphatic carbocycles. The fraction of sp³-hybridized carbons (Fsp3) is 0.571. The van der Waals surface area contributed by atoms with E-state index in [1.165, 1.54) is 0 Å². The maximum absolute atomic E-state index is 11.3. The Hall–Kier alpha value is -1.07. The van der Waals surface area contributed by atoms with Gasteiger partial charge in [-0.2, -0.15) is 0 Å². The molecule has 0 aliphatic rings. The summed E-state index contributed by atoms with van der Waals surface area (Å²) in [5.74, 6) is 1.07. The Kier molecular flexibility index (Phi) is 5.82. The molecule has 1 atom stereocenters. The minimum atomic E-state index is -2.92. The largest absolute Gasteiger partial charge is 0.493 e. The van der Waals surface area contributed by atoms with Crippen LogP contribution in [0.2, 0.25) is 0 Å². The first-order valence-corrected chi connectivity index (χ1v) is 8.29. The van der Waals surface area contributed by atoms with Crippen LogP contribution in [0.5, 0.6) is 5.75 Å². The summed E-state index contributed by atoms with van der Waals surface area (Å²) in [4.78, 5) is 0. The molecule has 0 amide bonds. The van der Waals surface area contributed by atoms with Crippen LogP contribution in [0, 0.1) is 6.92 Å². The van der Waals surface area contributed by atoms with E-state index < -0.39 is 15.9 Å². The average molecular weight is 286 g/mol. The molecule has 1 aromatic rings. The molecule has 0 heterocycles. The van der Waals surface area contributed by atoms with E-state index >= 15 is 0 Å². The molecule has 1 aromatic carbocycles. The zero-order valence-corrected chi connectivity index (χ0v) is 12.5. The molecule has 1 N–H and O–H groups in total. The van der Waals surface area contributed by atoms with Crippen LogP contribution in [0.3, 0.4) is 0 Å². The molecule has 1 rings (SSSR count). The highest BCUT2D eigenvalue weighted by Gasteiger charge is 2.08. The monoisotopic (exact) mass is 286 g/mol. The summed E-state index contributed by atoms with van der Waals surface area (Å²) >= 11 is 0. The van der Waals surface area contributed by atoms with Crippen molar-refractivity contribution in [3.05, 3.63) is 29.3 Å². The van der Waals surface area contributed by atoms with Gasteiger partial charge in [-0.1, -0.05) is 13.0 Å². The topological polar surface area (TPSA) is 63.6 Å². The Morgan fingerprint density at radius 3 is 2.58 bits per heavy atom. The minimum Gasteiger partial charge on any atom is -0.493 e. The minimum absolute atomic E-state index is 0.161. The molecule has 0 bridgehead atoms. The molecule has 4 nitrogen and oxygen atoms in total. The van der Waals surface area contributed by atoms with E-state index in [0.717, 1.165) is 16.9 Å². The van der Waals surface area contributed by atoms with Crippen molar-refractivity contribution in [2.24, 2.45) is 0 Å². The Morgan fingerprint density at radius 1 is 1.37 bits per heavy atom. The number of benzene rings is 1. The molecule has 0 unspecified atom stereocenters. The van der Waals surface area contributed by atoms with Gasteiger partial charge in [-0.3, -0.25) is 0 Å². The lowest BCUT2D eigenvalue weighted by molar-refractivity contribution is 0.199. The Balaban J connectivity index is 2.50. The number of aryl methyl sites for hydroxylation is 1. The van der Waals surface area contributed by atoms with Gasteiger partial charge in [-0.25, -0.2) is 8.42 Å². The summed E-state index contributed by atoms with van der Waals surface area (Å²) in [5, 5.41) is 9.46. The number of sulfone groups is 1. The smallest absolute Gasteiger partial charge is 0.150 e. The lowest BCUT2D eigenvalue weighted by Crippen LogP contribution is -2.12. The van der Waals surface area contributed by atoms with Gasteiger partial charge in [0.15, 0.2) is 0 Å². The third-order valence-corrected chi connectivity index (χ3v) is 4.77. The van der Waals surface area contributed by atoms with Gasteiger partial charge in [0.05, 0.1) is 18.5 Å². The highest BCUT2D eigenvalue weighted by atomic mass is 32.2. The molecule has 0 radical (unpaired) electrons. The van der Waals surface area contributed by atoms with Gasteiger partial charge in [0, 0.05) is 5.75 Å². The van der Waals surface area contributed by atoms with E-state index in [4.69, 9.17) is 4.74 Å². The zero-order valence-electron chi connectivity index (χ0n) is 11.7. The van der Waals surface area contributed by atoms with Crippen molar-refractivity contribution in [2.45, 2.75) is 33.3 Å². The molecular weight excluding hydrogens is 264 g/mol. The molecule has 19 heavy (non-hydrogen) atoms. The Bertz CT molecular complexity index is 506. The predicted molar refractivity (Wildman–Crippen MR) is 76.3 cm³/mol. The lowest BCUT2D eigenvalue weighted by Gasteiger charge is -2.12. The number of rotatable bonds is 7. The second kappa shape index (κ2) is 6.91. The van der Waals surface area contributed by atoms with E-state index in [2.05, 4.69) is 0 Å². The SMILES string of the molecule is CCS(=O)(=O)CCCOc1ccc([C@H](C)O)cc1C. The summed E-state index contributed by atoms with van der Waals surface area (Å²) in [5.41, 5.74) is 1.79. The van der Waals surface area contributed by atoms with Crippen LogP contribution in [0.15, 0.2) is 18.2 Å². The molecule has 0 aromatic heterocycles. The van der Waals surface area contributed by atoms with Crippen molar-refractivity contribution in [3.63, 3.8) is 0 Å². The number of hydrogen-bond acceptors (Lipinski definition) is 4. The van der Waals surface area contributed by atoms with Crippen molar-refractivity contribution in [3.8, 4) is 5.75 Å². The van der Waals surface area contributed by atoms with Crippen LogP contribution in [0.4, 0.5) is 0 Å². The van der Waals surface area contributed by atoms with Gasteiger partial charge in [0.1, 0.15) is 15.6 Å². The summed E-state index contributed by atoms with van der Waals surface area (Å²) < 4.78 is 28.2. The molecule has 0 aliphatic heterocycles. The summed E-state index contributed by atoms with van der Waals surface area (Å²) in [6.07, 6.45) is -0.00392.